The summed E-state index contributed by atoms with van der Waals surface area (Å²) in [5.74, 6) is -3.80. The fourth-order valence-electron chi connectivity index (χ4n) is 1.24. The molecule has 0 heterocycles. The molecule has 0 saturated heterocycles. The maximum Gasteiger partial charge on any atom is 0.194 e. The number of hydrogen-bond acceptors (Lipinski definition) is 2. The van der Waals surface area contributed by atoms with Crippen LogP contribution in [-0.2, 0) is 0 Å². The van der Waals surface area contributed by atoms with Gasteiger partial charge >= 0.3 is 0 Å². The molecule has 0 unspecified atom stereocenters. The van der Waals surface area contributed by atoms with Crippen molar-refractivity contribution in [3.8, 4) is 5.75 Å². The number of halogens is 3. The van der Waals surface area contributed by atoms with Crippen molar-refractivity contribution >= 4 is 11.8 Å². The van der Waals surface area contributed by atoms with Crippen LogP contribution in [0.15, 0.2) is 46.2 Å². The number of aromatic hydroxyl groups is 1. The summed E-state index contributed by atoms with van der Waals surface area (Å²) >= 11 is 1.08. The molecule has 5 heteroatoms. The maximum absolute atomic E-state index is 12.9. The van der Waals surface area contributed by atoms with Crippen LogP contribution in [0.1, 0.15) is 0 Å². The summed E-state index contributed by atoms with van der Waals surface area (Å²) in [5, 5.41) is 9.07. The van der Waals surface area contributed by atoms with Gasteiger partial charge in [0.1, 0.15) is 5.75 Å². The molecule has 1 N–H and O–H groups in total. The van der Waals surface area contributed by atoms with Crippen LogP contribution in [0.25, 0.3) is 0 Å². The van der Waals surface area contributed by atoms with Gasteiger partial charge in [0.25, 0.3) is 0 Å². The highest BCUT2D eigenvalue weighted by Gasteiger charge is 2.11. The van der Waals surface area contributed by atoms with Gasteiger partial charge in [0.15, 0.2) is 17.5 Å². The molecule has 0 aliphatic heterocycles. The van der Waals surface area contributed by atoms with E-state index in [-0.39, 0.29) is 10.6 Å². The average Bonchev–Trinajstić information content (AvgIpc) is 2.29. The Labute approximate surface area is 99.9 Å². The SMILES string of the molecule is Oc1ccc(Sc2cc(F)c(F)c(F)c2)cc1. The second-order valence-corrected chi connectivity index (χ2v) is 4.44. The number of rotatable bonds is 2. The van der Waals surface area contributed by atoms with Crippen molar-refractivity contribution in [1.29, 1.82) is 0 Å². The number of hydrogen-bond donors (Lipinski definition) is 1. The zero-order chi connectivity index (χ0) is 12.4. The van der Waals surface area contributed by atoms with Crippen LogP contribution in [0.2, 0.25) is 0 Å². The van der Waals surface area contributed by atoms with Crippen molar-refractivity contribution in [3.63, 3.8) is 0 Å². The van der Waals surface area contributed by atoms with Gasteiger partial charge in [0, 0.05) is 9.79 Å². The summed E-state index contributed by atoms with van der Waals surface area (Å²) in [4.78, 5) is 0.945. The highest BCUT2D eigenvalue weighted by atomic mass is 32.2. The maximum atomic E-state index is 12.9. The molecule has 0 aromatic heterocycles. The molecule has 88 valence electrons. The monoisotopic (exact) mass is 256 g/mol. The molecule has 0 radical (unpaired) electrons. The molecule has 2 aromatic rings. The lowest BCUT2D eigenvalue weighted by Gasteiger charge is -2.03. The summed E-state index contributed by atoms with van der Waals surface area (Å²) in [5.41, 5.74) is 0. The van der Waals surface area contributed by atoms with Crippen molar-refractivity contribution < 1.29 is 18.3 Å². The summed E-state index contributed by atoms with van der Waals surface area (Å²) in [6.45, 7) is 0. The topological polar surface area (TPSA) is 20.2 Å². The molecule has 0 aliphatic rings. The van der Waals surface area contributed by atoms with Gasteiger partial charge in [-0.3, -0.25) is 0 Å². The third kappa shape index (κ3) is 2.74. The lowest BCUT2D eigenvalue weighted by atomic mass is 10.3. The van der Waals surface area contributed by atoms with Crippen LogP contribution in [0.5, 0.6) is 5.75 Å². The van der Waals surface area contributed by atoms with Gasteiger partial charge in [-0.2, -0.15) is 0 Å². The Balaban J connectivity index is 2.27. The minimum absolute atomic E-state index is 0.103. The van der Waals surface area contributed by atoms with Gasteiger partial charge in [0.05, 0.1) is 0 Å². The number of phenols is 1. The second kappa shape index (κ2) is 4.71. The fourth-order valence-corrected chi connectivity index (χ4v) is 2.11. The zero-order valence-corrected chi connectivity index (χ0v) is 9.27. The molecule has 0 bridgehead atoms. The van der Waals surface area contributed by atoms with Crippen LogP contribution in [0.4, 0.5) is 13.2 Å². The van der Waals surface area contributed by atoms with Gasteiger partial charge in [-0.1, -0.05) is 11.8 Å². The molecule has 0 aliphatic carbocycles. The molecule has 17 heavy (non-hydrogen) atoms. The summed E-state index contributed by atoms with van der Waals surface area (Å²) < 4.78 is 38.6. The largest absolute Gasteiger partial charge is 0.508 e. The van der Waals surface area contributed by atoms with Gasteiger partial charge in [-0.15, -0.1) is 0 Å². The first-order chi connectivity index (χ1) is 8.06. The molecule has 0 spiro atoms. The van der Waals surface area contributed by atoms with E-state index in [1.54, 1.807) is 12.1 Å². The van der Waals surface area contributed by atoms with E-state index in [9.17, 15) is 13.2 Å². The Morgan fingerprint density at radius 2 is 1.35 bits per heavy atom. The zero-order valence-electron chi connectivity index (χ0n) is 8.45. The minimum atomic E-state index is -1.47. The van der Waals surface area contributed by atoms with E-state index >= 15 is 0 Å². The predicted octanol–water partition coefficient (Wildman–Crippen LogP) is 3.96. The third-order valence-electron chi connectivity index (χ3n) is 2.03. The van der Waals surface area contributed by atoms with E-state index in [0.29, 0.717) is 4.90 Å². The predicted molar refractivity (Wildman–Crippen MR) is 58.5 cm³/mol. The normalized spacial score (nSPS) is 10.5. The smallest absolute Gasteiger partial charge is 0.194 e. The molecule has 0 saturated carbocycles. The van der Waals surface area contributed by atoms with Gasteiger partial charge in [0.2, 0.25) is 0 Å². The van der Waals surface area contributed by atoms with Crippen molar-refractivity contribution in [2.75, 3.05) is 0 Å². The summed E-state index contributed by atoms with van der Waals surface area (Å²) in [6.07, 6.45) is 0. The van der Waals surface area contributed by atoms with Crippen molar-refractivity contribution in [1.82, 2.24) is 0 Å². The Morgan fingerprint density at radius 3 is 1.88 bits per heavy atom. The molecular formula is C12H7F3OS. The third-order valence-corrected chi connectivity index (χ3v) is 3.01. The van der Waals surface area contributed by atoms with E-state index in [4.69, 9.17) is 5.11 Å². The van der Waals surface area contributed by atoms with Crippen LogP contribution in [0, 0.1) is 17.5 Å². The standard InChI is InChI=1S/C12H7F3OS/c13-10-5-9(6-11(14)12(10)15)17-8-3-1-7(16)2-4-8/h1-6,16H. The Bertz CT molecular complexity index is 517. The molecule has 0 atom stereocenters. The van der Waals surface area contributed by atoms with E-state index in [2.05, 4.69) is 0 Å². The van der Waals surface area contributed by atoms with E-state index < -0.39 is 17.5 Å². The van der Waals surface area contributed by atoms with E-state index in [1.165, 1.54) is 12.1 Å². The lowest BCUT2D eigenvalue weighted by Crippen LogP contribution is -1.90. The number of phenolic OH excluding ortho intramolecular Hbond substituents is 1. The van der Waals surface area contributed by atoms with Crippen molar-refractivity contribution in [3.05, 3.63) is 53.8 Å². The van der Waals surface area contributed by atoms with Crippen LogP contribution < -0.4 is 0 Å². The van der Waals surface area contributed by atoms with Gasteiger partial charge in [-0.25, -0.2) is 13.2 Å². The average molecular weight is 256 g/mol. The Hall–Kier alpha value is -1.62. The highest BCUT2D eigenvalue weighted by molar-refractivity contribution is 7.99. The summed E-state index contributed by atoms with van der Waals surface area (Å²) in [7, 11) is 0. The number of benzene rings is 2. The molecular weight excluding hydrogens is 249 g/mol. The quantitative estimate of drug-likeness (QED) is 0.821. The van der Waals surface area contributed by atoms with Crippen molar-refractivity contribution in [2.24, 2.45) is 0 Å². The second-order valence-electron chi connectivity index (χ2n) is 3.30. The Kier molecular flexibility index (Phi) is 3.28. The first-order valence-corrected chi connectivity index (χ1v) is 5.49. The van der Waals surface area contributed by atoms with Gasteiger partial charge < -0.3 is 5.11 Å². The molecule has 0 fully saturated rings. The Morgan fingerprint density at radius 1 is 0.824 bits per heavy atom. The first-order valence-electron chi connectivity index (χ1n) is 4.67. The molecule has 2 aromatic carbocycles. The molecule has 1 nitrogen and oxygen atoms in total. The van der Waals surface area contributed by atoms with E-state index in [1.807, 2.05) is 0 Å². The van der Waals surface area contributed by atoms with Crippen molar-refractivity contribution in [2.45, 2.75) is 9.79 Å². The minimum Gasteiger partial charge on any atom is -0.508 e. The molecule has 0 amide bonds. The van der Waals surface area contributed by atoms with Crippen LogP contribution in [0.3, 0.4) is 0 Å². The van der Waals surface area contributed by atoms with Crippen LogP contribution >= 0.6 is 11.8 Å². The fraction of sp³-hybridized carbons (Fsp3) is 0. The lowest BCUT2D eigenvalue weighted by molar-refractivity contribution is 0.443. The highest BCUT2D eigenvalue weighted by Crippen LogP contribution is 2.30. The van der Waals surface area contributed by atoms with E-state index in [0.717, 1.165) is 23.9 Å². The first kappa shape index (κ1) is 11.9. The van der Waals surface area contributed by atoms with Gasteiger partial charge in [-0.05, 0) is 36.4 Å². The molecule has 2 rings (SSSR count). The summed E-state index contributed by atoms with van der Waals surface area (Å²) in [6, 6.07) is 7.96. The van der Waals surface area contributed by atoms with Crippen LogP contribution in [-0.4, -0.2) is 5.11 Å².